The van der Waals surface area contributed by atoms with Gasteiger partial charge in [-0.2, -0.15) is 0 Å². The number of benzene rings is 1. The molecule has 1 amide bonds. The number of hydrogen-bond acceptors (Lipinski definition) is 4. The fourth-order valence-corrected chi connectivity index (χ4v) is 5.05. The minimum Gasteiger partial charge on any atom is -0.355 e. The van der Waals surface area contributed by atoms with E-state index < -0.39 is 0 Å². The van der Waals surface area contributed by atoms with Crippen LogP contribution in [0.5, 0.6) is 0 Å². The Balaban J connectivity index is 0.00000320. The number of halogens is 3. The van der Waals surface area contributed by atoms with Gasteiger partial charge in [-0.05, 0) is 56.3 Å². The van der Waals surface area contributed by atoms with E-state index in [4.69, 9.17) is 0 Å². The van der Waals surface area contributed by atoms with Crippen LogP contribution in [-0.2, 0) is 11.3 Å². The fourth-order valence-electron chi connectivity index (χ4n) is 5.05. The molecule has 2 bridgehead atoms. The number of rotatable bonds is 11. The molecular formula is C24H43Cl3N4O. The quantitative estimate of drug-likeness (QED) is 0.473. The predicted octanol–water partition coefficient (Wildman–Crippen LogP) is 3.99. The van der Waals surface area contributed by atoms with Crippen molar-refractivity contribution in [2.24, 2.45) is 11.8 Å². The van der Waals surface area contributed by atoms with Gasteiger partial charge < -0.3 is 15.5 Å². The van der Waals surface area contributed by atoms with Crippen LogP contribution in [0.1, 0.15) is 45.1 Å². The average molecular weight is 510 g/mol. The Labute approximate surface area is 213 Å². The molecule has 3 rings (SSSR count). The third-order valence-corrected chi connectivity index (χ3v) is 6.70. The van der Waals surface area contributed by atoms with Gasteiger partial charge in [-0.15, -0.1) is 37.2 Å². The van der Waals surface area contributed by atoms with Crippen LogP contribution in [0.25, 0.3) is 0 Å². The van der Waals surface area contributed by atoms with Gasteiger partial charge in [0, 0.05) is 45.2 Å². The predicted molar refractivity (Wildman–Crippen MR) is 141 cm³/mol. The summed E-state index contributed by atoms with van der Waals surface area (Å²) in [5.41, 5.74) is 1.42. The molecule has 2 heterocycles. The van der Waals surface area contributed by atoms with Crippen LogP contribution in [0, 0.1) is 11.8 Å². The van der Waals surface area contributed by atoms with Gasteiger partial charge >= 0.3 is 0 Å². The van der Waals surface area contributed by atoms with Gasteiger partial charge in [-0.1, -0.05) is 44.2 Å². The Morgan fingerprint density at radius 2 is 1.84 bits per heavy atom. The molecular weight excluding hydrogens is 467 g/mol. The second kappa shape index (κ2) is 17.0. The summed E-state index contributed by atoms with van der Waals surface area (Å²) in [4.78, 5) is 17.1. The Kier molecular flexibility index (Phi) is 16.7. The Morgan fingerprint density at radius 3 is 2.53 bits per heavy atom. The molecule has 1 aromatic rings. The number of likely N-dealkylation sites (N-methyl/N-ethyl adjacent to an activating group) is 1. The van der Waals surface area contributed by atoms with Crippen molar-refractivity contribution in [3.8, 4) is 0 Å². The van der Waals surface area contributed by atoms with Crippen LogP contribution in [0.15, 0.2) is 30.3 Å². The van der Waals surface area contributed by atoms with Crippen LogP contribution in [0.3, 0.4) is 0 Å². The van der Waals surface area contributed by atoms with E-state index in [1.54, 1.807) is 0 Å². The highest BCUT2D eigenvalue weighted by Crippen LogP contribution is 2.31. The van der Waals surface area contributed by atoms with Crippen molar-refractivity contribution in [2.75, 3.05) is 45.8 Å². The van der Waals surface area contributed by atoms with Crippen molar-refractivity contribution in [3.05, 3.63) is 35.9 Å². The van der Waals surface area contributed by atoms with Gasteiger partial charge in [-0.3, -0.25) is 9.69 Å². The van der Waals surface area contributed by atoms with Crippen molar-refractivity contribution in [1.82, 2.24) is 20.4 Å². The largest absolute Gasteiger partial charge is 0.355 e. The first-order valence-corrected chi connectivity index (χ1v) is 11.7. The molecule has 0 spiro atoms. The van der Waals surface area contributed by atoms with E-state index >= 15 is 0 Å². The Morgan fingerprint density at radius 1 is 1.12 bits per heavy atom. The van der Waals surface area contributed by atoms with Crippen molar-refractivity contribution >= 4 is 43.1 Å². The molecule has 3 atom stereocenters. The number of piperidine rings is 2. The van der Waals surface area contributed by atoms with E-state index in [0.717, 1.165) is 63.9 Å². The normalized spacial score (nSPS) is 22.3. The van der Waals surface area contributed by atoms with Crippen LogP contribution < -0.4 is 10.6 Å². The molecule has 0 aliphatic carbocycles. The average Bonchev–Trinajstić information content (AvgIpc) is 2.73. The summed E-state index contributed by atoms with van der Waals surface area (Å²) in [6.07, 6.45) is 4.09. The monoisotopic (exact) mass is 508 g/mol. The van der Waals surface area contributed by atoms with Gasteiger partial charge in [-0.25, -0.2) is 0 Å². The van der Waals surface area contributed by atoms with Gasteiger partial charge in [0.25, 0.3) is 0 Å². The summed E-state index contributed by atoms with van der Waals surface area (Å²) in [7, 11) is 0. The molecule has 2 aliphatic heterocycles. The third kappa shape index (κ3) is 10.1. The zero-order chi connectivity index (χ0) is 20.5. The maximum Gasteiger partial charge on any atom is 0.220 e. The van der Waals surface area contributed by atoms with E-state index in [-0.39, 0.29) is 43.1 Å². The zero-order valence-corrected chi connectivity index (χ0v) is 22.1. The maximum absolute atomic E-state index is 12.2. The second-order valence-electron chi connectivity index (χ2n) is 8.83. The highest BCUT2D eigenvalue weighted by molar-refractivity contribution is 5.86. The minimum absolute atomic E-state index is 0. The minimum atomic E-state index is 0. The van der Waals surface area contributed by atoms with E-state index in [1.165, 1.54) is 25.1 Å². The number of carbonyl (C=O) groups is 1. The van der Waals surface area contributed by atoms with E-state index in [0.29, 0.717) is 12.5 Å². The first kappa shape index (κ1) is 31.4. The van der Waals surface area contributed by atoms with Crippen molar-refractivity contribution < 1.29 is 4.79 Å². The first-order valence-electron chi connectivity index (χ1n) is 11.7. The summed E-state index contributed by atoms with van der Waals surface area (Å²) >= 11 is 0. The molecule has 0 saturated carbocycles. The van der Waals surface area contributed by atoms with E-state index in [9.17, 15) is 4.79 Å². The van der Waals surface area contributed by atoms with Gasteiger partial charge in [0.1, 0.15) is 0 Å². The Bertz CT molecular complexity index is 619. The number of carbonyl (C=O) groups excluding carboxylic acids is 1. The van der Waals surface area contributed by atoms with Gasteiger partial charge in [0.15, 0.2) is 0 Å². The lowest BCUT2D eigenvalue weighted by atomic mass is 9.79. The smallest absolute Gasteiger partial charge is 0.220 e. The molecule has 1 aromatic carbocycles. The fraction of sp³-hybridized carbons (Fsp3) is 0.708. The second-order valence-corrected chi connectivity index (χ2v) is 8.83. The van der Waals surface area contributed by atoms with Crippen LogP contribution in [0.4, 0.5) is 0 Å². The maximum atomic E-state index is 12.2. The third-order valence-electron chi connectivity index (χ3n) is 6.70. The Hall–Kier alpha value is -0.560. The molecule has 2 fully saturated rings. The van der Waals surface area contributed by atoms with Crippen LogP contribution in [-0.4, -0.2) is 67.6 Å². The lowest BCUT2D eigenvalue weighted by molar-refractivity contribution is -0.121. The summed E-state index contributed by atoms with van der Waals surface area (Å²) < 4.78 is 0. The van der Waals surface area contributed by atoms with Gasteiger partial charge in [0.05, 0.1) is 0 Å². The van der Waals surface area contributed by atoms with Crippen LogP contribution >= 0.6 is 37.2 Å². The van der Waals surface area contributed by atoms with Crippen LogP contribution in [0.2, 0.25) is 0 Å². The van der Waals surface area contributed by atoms with Crippen molar-refractivity contribution in [2.45, 2.75) is 52.1 Å². The number of likely N-dealkylation sites (tertiary alicyclic amines) is 1. The summed E-state index contributed by atoms with van der Waals surface area (Å²) in [5.74, 6) is 1.70. The summed E-state index contributed by atoms with van der Waals surface area (Å²) in [6.45, 7) is 12.7. The summed E-state index contributed by atoms with van der Waals surface area (Å²) in [6, 6.07) is 11.4. The van der Waals surface area contributed by atoms with Gasteiger partial charge in [0.2, 0.25) is 5.91 Å². The lowest BCUT2D eigenvalue weighted by Crippen LogP contribution is -2.55. The molecule has 2 aliphatic rings. The first-order chi connectivity index (χ1) is 14.2. The lowest BCUT2D eigenvalue weighted by Gasteiger charge is -2.46. The number of hydrogen-bond donors (Lipinski definition) is 2. The standard InChI is InChI=1S/C24H40N4O.3ClH/c1-3-27(4-2)14-13-25-24(29)12-8-11-23-22-15-21(16-26-23)18-28(19-22)17-20-9-6-5-7-10-20;;;/h5-7,9-10,21-23,26H,3-4,8,11-19H2,1-2H3,(H,25,29);3*1H/t21?,22?,23-;;;/m1.../s1. The highest BCUT2D eigenvalue weighted by atomic mass is 35.5. The van der Waals surface area contributed by atoms with Crippen molar-refractivity contribution in [1.29, 1.82) is 0 Å². The molecule has 0 radical (unpaired) electrons. The number of nitrogens with one attached hydrogen (secondary N) is 2. The summed E-state index contributed by atoms with van der Waals surface area (Å²) in [5, 5.41) is 6.88. The van der Waals surface area contributed by atoms with E-state index in [1.807, 2.05) is 0 Å². The molecule has 2 N–H and O–H groups in total. The molecule has 2 saturated heterocycles. The highest BCUT2D eigenvalue weighted by Gasteiger charge is 2.35. The molecule has 186 valence electrons. The SMILES string of the molecule is CCN(CC)CCNC(=O)CCC[C@H]1NCC2CC1CN(Cc1ccccc1)C2.Cl.Cl.Cl. The zero-order valence-electron chi connectivity index (χ0n) is 19.6. The molecule has 0 aromatic heterocycles. The molecule has 32 heavy (non-hydrogen) atoms. The number of amides is 1. The molecule has 2 unspecified atom stereocenters. The number of fused-ring (bicyclic) bond motifs is 2. The molecule has 5 nitrogen and oxygen atoms in total. The van der Waals surface area contributed by atoms with Crippen molar-refractivity contribution in [3.63, 3.8) is 0 Å². The molecule has 8 heteroatoms. The van der Waals surface area contributed by atoms with E-state index in [2.05, 4.69) is 64.6 Å². The number of nitrogens with zero attached hydrogens (tertiary/aromatic N) is 2. The topological polar surface area (TPSA) is 47.6 Å².